The minimum atomic E-state index is -0.919. The fraction of sp³-hybridized carbons (Fsp3) is 0.643. The van der Waals surface area contributed by atoms with Crippen LogP contribution in [0.4, 0.5) is 0 Å². The summed E-state index contributed by atoms with van der Waals surface area (Å²) in [4.78, 5) is 4.32. The van der Waals surface area contributed by atoms with Gasteiger partial charge in [-0.3, -0.25) is 4.98 Å². The average Bonchev–Trinajstić information content (AvgIpc) is 2.74. The van der Waals surface area contributed by atoms with Crippen LogP contribution in [0.15, 0.2) is 18.3 Å². The largest absolute Gasteiger partial charge is 0.384 e. The Labute approximate surface area is 109 Å². The van der Waals surface area contributed by atoms with Gasteiger partial charge in [0.05, 0.1) is 5.69 Å². The predicted molar refractivity (Wildman–Crippen MR) is 71.9 cm³/mol. The molecule has 100 valence electrons. The maximum atomic E-state index is 10.7. The number of hydrogen-bond acceptors (Lipinski definition) is 4. The Bertz CT molecular complexity index is 406. The molecule has 0 amide bonds. The number of aromatic nitrogens is 1. The Hall–Kier alpha value is -0.970. The molecule has 1 aliphatic rings. The summed E-state index contributed by atoms with van der Waals surface area (Å²) in [5.74, 6) is 0. The van der Waals surface area contributed by atoms with Crippen molar-refractivity contribution >= 4 is 0 Å². The molecule has 4 heteroatoms. The fourth-order valence-electron chi connectivity index (χ4n) is 2.85. The van der Waals surface area contributed by atoms with Gasteiger partial charge in [-0.15, -0.1) is 0 Å². The van der Waals surface area contributed by atoms with Crippen LogP contribution in [0.2, 0.25) is 0 Å². The van der Waals surface area contributed by atoms with Crippen molar-refractivity contribution in [2.45, 2.75) is 57.3 Å². The standard InChI is InChI=1S/C14H23N3O/c1-10-5-6-12(17-10)8-14(2,18)13-11(9-15)4-3-7-16-13/h3-4,7,10,12,17-18H,5-6,8-9,15H2,1-2H3. The molecule has 1 saturated heterocycles. The highest BCUT2D eigenvalue weighted by Gasteiger charge is 2.33. The Morgan fingerprint density at radius 2 is 2.33 bits per heavy atom. The second-order valence-electron chi connectivity index (χ2n) is 5.54. The van der Waals surface area contributed by atoms with Crippen LogP contribution in [0.1, 0.15) is 44.4 Å². The molecule has 1 fully saturated rings. The molecule has 0 aliphatic carbocycles. The van der Waals surface area contributed by atoms with Gasteiger partial charge in [-0.25, -0.2) is 0 Å². The number of rotatable bonds is 4. The van der Waals surface area contributed by atoms with Gasteiger partial charge in [0.25, 0.3) is 0 Å². The number of aliphatic hydroxyl groups is 1. The molecule has 0 aromatic carbocycles. The van der Waals surface area contributed by atoms with E-state index in [1.54, 1.807) is 6.20 Å². The van der Waals surface area contributed by atoms with Crippen molar-refractivity contribution in [2.24, 2.45) is 5.73 Å². The lowest BCUT2D eigenvalue weighted by molar-refractivity contribution is 0.0329. The quantitative estimate of drug-likeness (QED) is 0.751. The van der Waals surface area contributed by atoms with Crippen LogP contribution in [-0.2, 0) is 12.1 Å². The lowest BCUT2D eigenvalue weighted by Gasteiger charge is -2.28. The van der Waals surface area contributed by atoms with Crippen LogP contribution in [0.25, 0.3) is 0 Å². The van der Waals surface area contributed by atoms with E-state index in [2.05, 4.69) is 17.2 Å². The van der Waals surface area contributed by atoms with E-state index in [0.29, 0.717) is 30.7 Å². The minimum absolute atomic E-state index is 0.364. The lowest BCUT2D eigenvalue weighted by atomic mass is 9.89. The highest BCUT2D eigenvalue weighted by atomic mass is 16.3. The van der Waals surface area contributed by atoms with E-state index in [9.17, 15) is 5.11 Å². The summed E-state index contributed by atoms with van der Waals surface area (Å²) in [6, 6.07) is 4.70. The zero-order chi connectivity index (χ0) is 13.2. The van der Waals surface area contributed by atoms with Crippen molar-refractivity contribution in [1.29, 1.82) is 0 Å². The summed E-state index contributed by atoms with van der Waals surface area (Å²) >= 11 is 0. The third-order valence-electron chi connectivity index (χ3n) is 3.73. The molecule has 0 spiro atoms. The third kappa shape index (κ3) is 2.88. The van der Waals surface area contributed by atoms with Gasteiger partial charge in [-0.2, -0.15) is 0 Å². The Morgan fingerprint density at radius 3 is 2.94 bits per heavy atom. The third-order valence-corrected chi connectivity index (χ3v) is 3.73. The minimum Gasteiger partial charge on any atom is -0.384 e. The molecule has 3 atom stereocenters. The molecule has 0 bridgehead atoms. The van der Waals surface area contributed by atoms with Gasteiger partial charge in [0.1, 0.15) is 5.60 Å². The molecule has 4 N–H and O–H groups in total. The van der Waals surface area contributed by atoms with Gasteiger partial charge >= 0.3 is 0 Å². The van der Waals surface area contributed by atoms with E-state index in [1.165, 1.54) is 6.42 Å². The van der Waals surface area contributed by atoms with Gasteiger partial charge in [0.2, 0.25) is 0 Å². The van der Waals surface area contributed by atoms with Crippen LogP contribution >= 0.6 is 0 Å². The predicted octanol–water partition coefficient (Wildman–Crippen LogP) is 1.28. The van der Waals surface area contributed by atoms with Crippen LogP contribution in [-0.4, -0.2) is 22.2 Å². The molecule has 1 aromatic heterocycles. The Balaban J connectivity index is 2.14. The zero-order valence-electron chi connectivity index (χ0n) is 11.2. The summed E-state index contributed by atoms with van der Waals surface area (Å²) in [5.41, 5.74) is 6.43. The second kappa shape index (κ2) is 5.34. The molecule has 1 aromatic rings. The monoisotopic (exact) mass is 249 g/mol. The van der Waals surface area contributed by atoms with E-state index in [1.807, 2.05) is 19.1 Å². The van der Waals surface area contributed by atoms with Gasteiger partial charge in [0, 0.05) is 24.8 Å². The van der Waals surface area contributed by atoms with Gasteiger partial charge in [0.15, 0.2) is 0 Å². The Morgan fingerprint density at radius 1 is 1.56 bits per heavy atom. The highest BCUT2D eigenvalue weighted by molar-refractivity contribution is 5.25. The number of nitrogens with two attached hydrogens (primary N) is 1. The molecular weight excluding hydrogens is 226 g/mol. The molecule has 2 rings (SSSR count). The van der Waals surface area contributed by atoms with E-state index in [4.69, 9.17) is 5.73 Å². The van der Waals surface area contributed by atoms with Crippen molar-refractivity contribution in [3.63, 3.8) is 0 Å². The van der Waals surface area contributed by atoms with Gasteiger partial charge in [-0.1, -0.05) is 6.07 Å². The zero-order valence-corrected chi connectivity index (χ0v) is 11.2. The molecule has 2 heterocycles. The Kier molecular flexibility index (Phi) is 4.00. The van der Waals surface area contributed by atoms with Crippen molar-refractivity contribution in [1.82, 2.24) is 10.3 Å². The van der Waals surface area contributed by atoms with Crippen molar-refractivity contribution in [2.75, 3.05) is 0 Å². The molecule has 4 nitrogen and oxygen atoms in total. The maximum absolute atomic E-state index is 10.7. The summed E-state index contributed by atoms with van der Waals surface area (Å²) in [5, 5.41) is 14.2. The SMILES string of the molecule is CC1CCC(CC(C)(O)c2ncccc2CN)N1. The summed E-state index contributed by atoms with van der Waals surface area (Å²) in [6.45, 7) is 4.42. The van der Waals surface area contributed by atoms with Crippen molar-refractivity contribution in [3.05, 3.63) is 29.6 Å². The number of hydrogen-bond donors (Lipinski definition) is 3. The summed E-state index contributed by atoms with van der Waals surface area (Å²) < 4.78 is 0. The summed E-state index contributed by atoms with van der Waals surface area (Å²) in [7, 11) is 0. The molecular formula is C14H23N3O. The van der Waals surface area contributed by atoms with Crippen molar-refractivity contribution < 1.29 is 5.11 Å². The smallest absolute Gasteiger partial charge is 0.105 e. The molecule has 0 radical (unpaired) electrons. The number of nitrogens with zero attached hydrogens (tertiary/aromatic N) is 1. The average molecular weight is 249 g/mol. The first kappa shape index (κ1) is 13.5. The maximum Gasteiger partial charge on any atom is 0.105 e. The van der Waals surface area contributed by atoms with E-state index in [0.717, 1.165) is 12.0 Å². The molecule has 3 unspecified atom stereocenters. The van der Waals surface area contributed by atoms with Crippen LogP contribution < -0.4 is 11.1 Å². The lowest BCUT2D eigenvalue weighted by Crippen LogP contribution is -2.36. The highest BCUT2D eigenvalue weighted by Crippen LogP contribution is 2.30. The van der Waals surface area contributed by atoms with Crippen LogP contribution in [0.3, 0.4) is 0 Å². The van der Waals surface area contributed by atoms with E-state index >= 15 is 0 Å². The first-order valence-electron chi connectivity index (χ1n) is 6.66. The number of pyridine rings is 1. The van der Waals surface area contributed by atoms with E-state index < -0.39 is 5.60 Å². The number of nitrogens with one attached hydrogen (secondary N) is 1. The van der Waals surface area contributed by atoms with E-state index in [-0.39, 0.29) is 0 Å². The molecule has 18 heavy (non-hydrogen) atoms. The second-order valence-corrected chi connectivity index (χ2v) is 5.54. The first-order valence-corrected chi connectivity index (χ1v) is 6.66. The van der Waals surface area contributed by atoms with Gasteiger partial charge < -0.3 is 16.2 Å². The fourth-order valence-corrected chi connectivity index (χ4v) is 2.85. The summed E-state index contributed by atoms with van der Waals surface area (Å²) in [6.07, 6.45) is 4.68. The molecule has 1 aliphatic heterocycles. The topological polar surface area (TPSA) is 71.2 Å². The first-order chi connectivity index (χ1) is 8.53. The molecule has 0 saturated carbocycles. The van der Waals surface area contributed by atoms with Gasteiger partial charge in [-0.05, 0) is 44.7 Å². The van der Waals surface area contributed by atoms with Crippen LogP contribution in [0, 0.1) is 0 Å². The van der Waals surface area contributed by atoms with Crippen molar-refractivity contribution in [3.8, 4) is 0 Å². The van der Waals surface area contributed by atoms with Crippen LogP contribution in [0.5, 0.6) is 0 Å². The normalized spacial score (nSPS) is 27.1.